The number of nitrogens with one attached hydrogen (secondary N) is 1. The molecule has 1 aliphatic heterocycles. The number of carbonyl (C=O) groups excluding carboxylic acids is 1. The minimum Gasteiger partial charge on any atom is -0.314 e. The molecule has 0 aliphatic carbocycles. The van der Waals surface area contributed by atoms with Gasteiger partial charge in [0.15, 0.2) is 0 Å². The van der Waals surface area contributed by atoms with Crippen LogP contribution < -0.4 is 10.2 Å². The van der Waals surface area contributed by atoms with Crippen molar-refractivity contribution in [3.05, 3.63) is 66.2 Å². The van der Waals surface area contributed by atoms with Crippen LogP contribution in [-0.2, 0) is 11.2 Å². The van der Waals surface area contributed by atoms with Gasteiger partial charge in [-0.3, -0.25) is 4.79 Å². The molecule has 0 saturated carbocycles. The van der Waals surface area contributed by atoms with Crippen LogP contribution in [0.15, 0.2) is 60.7 Å². The second kappa shape index (κ2) is 8.11. The van der Waals surface area contributed by atoms with Crippen molar-refractivity contribution in [3.8, 4) is 0 Å². The van der Waals surface area contributed by atoms with Crippen LogP contribution in [-0.4, -0.2) is 25.0 Å². The molecule has 1 saturated heterocycles. The van der Waals surface area contributed by atoms with Crippen molar-refractivity contribution in [2.24, 2.45) is 5.92 Å². The van der Waals surface area contributed by atoms with E-state index in [4.69, 9.17) is 0 Å². The molecule has 126 valence electrons. The molecule has 0 spiro atoms. The summed E-state index contributed by atoms with van der Waals surface area (Å²) in [7, 11) is 0. The largest absolute Gasteiger partial charge is 0.314 e. The van der Waals surface area contributed by atoms with E-state index in [9.17, 15) is 4.79 Å². The van der Waals surface area contributed by atoms with E-state index in [0.717, 1.165) is 38.0 Å². The summed E-state index contributed by atoms with van der Waals surface area (Å²) in [4.78, 5) is 15.1. The van der Waals surface area contributed by atoms with Gasteiger partial charge in [-0.05, 0) is 50.4 Å². The molecule has 2 aromatic rings. The van der Waals surface area contributed by atoms with E-state index in [-0.39, 0.29) is 11.8 Å². The normalized spacial score (nSPS) is 20.5. The Kier molecular flexibility index (Phi) is 5.65. The van der Waals surface area contributed by atoms with Crippen molar-refractivity contribution >= 4 is 11.6 Å². The lowest BCUT2D eigenvalue weighted by Crippen LogP contribution is -2.45. The van der Waals surface area contributed by atoms with Gasteiger partial charge in [0.2, 0.25) is 5.91 Å². The third kappa shape index (κ3) is 4.24. The van der Waals surface area contributed by atoms with E-state index in [1.54, 1.807) is 0 Å². The summed E-state index contributed by atoms with van der Waals surface area (Å²) < 4.78 is 0. The fourth-order valence-corrected chi connectivity index (χ4v) is 3.44. The highest BCUT2D eigenvalue weighted by molar-refractivity contribution is 5.95. The number of piperidine rings is 1. The SMILES string of the molecule is C[C@H]1C[C@@H](C(=O)N(CCc2ccccc2)c2ccccc2)CCN1. The number of carbonyl (C=O) groups is 1. The number of hydrogen-bond acceptors (Lipinski definition) is 2. The summed E-state index contributed by atoms with van der Waals surface area (Å²) in [5, 5.41) is 3.43. The summed E-state index contributed by atoms with van der Waals surface area (Å²) in [5.41, 5.74) is 2.27. The van der Waals surface area contributed by atoms with Crippen LogP contribution in [0.4, 0.5) is 5.69 Å². The van der Waals surface area contributed by atoms with Gasteiger partial charge in [-0.15, -0.1) is 0 Å². The quantitative estimate of drug-likeness (QED) is 0.911. The first kappa shape index (κ1) is 16.7. The van der Waals surface area contributed by atoms with Gasteiger partial charge in [-0.1, -0.05) is 48.5 Å². The van der Waals surface area contributed by atoms with Crippen molar-refractivity contribution in [2.45, 2.75) is 32.2 Å². The molecule has 1 aliphatic rings. The summed E-state index contributed by atoms with van der Waals surface area (Å²) in [5.74, 6) is 0.391. The maximum Gasteiger partial charge on any atom is 0.230 e. The number of para-hydroxylation sites is 1. The molecular weight excluding hydrogens is 296 g/mol. The van der Waals surface area contributed by atoms with E-state index < -0.39 is 0 Å². The fraction of sp³-hybridized carbons (Fsp3) is 0.381. The Bertz CT molecular complexity index is 641. The second-order valence-corrected chi connectivity index (χ2v) is 6.64. The van der Waals surface area contributed by atoms with E-state index in [2.05, 4.69) is 36.5 Å². The molecule has 1 heterocycles. The minimum atomic E-state index is 0.122. The second-order valence-electron chi connectivity index (χ2n) is 6.64. The average molecular weight is 322 g/mol. The van der Waals surface area contributed by atoms with Gasteiger partial charge < -0.3 is 10.2 Å². The Labute approximate surface area is 144 Å². The van der Waals surface area contributed by atoms with Crippen molar-refractivity contribution in [1.82, 2.24) is 5.32 Å². The molecule has 0 bridgehead atoms. The summed E-state index contributed by atoms with van der Waals surface area (Å²) in [6, 6.07) is 20.9. The first-order chi connectivity index (χ1) is 11.7. The van der Waals surface area contributed by atoms with Crippen LogP contribution in [0.3, 0.4) is 0 Å². The zero-order valence-electron chi connectivity index (χ0n) is 14.3. The molecule has 0 aromatic heterocycles. The monoisotopic (exact) mass is 322 g/mol. The topological polar surface area (TPSA) is 32.3 Å². The van der Waals surface area contributed by atoms with Crippen LogP contribution in [0.25, 0.3) is 0 Å². The smallest absolute Gasteiger partial charge is 0.230 e. The highest BCUT2D eigenvalue weighted by atomic mass is 16.2. The van der Waals surface area contributed by atoms with E-state index in [0.29, 0.717) is 6.04 Å². The third-order valence-electron chi connectivity index (χ3n) is 4.77. The molecule has 2 atom stereocenters. The molecular formula is C21H26N2O. The predicted octanol–water partition coefficient (Wildman–Crippen LogP) is 3.65. The predicted molar refractivity (Wildman–Crippen MR) is 99.1 cm³/mol. The highest BCUT2D eigenvalue weighted by Crippen LogP contribution is 2.23. The number of nitrogens with zero attached hydrogens (tertiary/aromatic N) is 1. The highest BCUT2D eigenvalue weighted by Gasteiger charge is 2.29. The maximum absolute atomic E-state index is 13.2. The molecule has 1 N–H and O–H groups in total. The summed E-state index contributed by atoms with van der Waals surface area (Å²) in [6.07, 6.45) is 2.73. The molecule has 0 unspecified atom stereocenters. The van der Waals surface area contributed by atoms with Crippen molar-refractivity contribution in [1.29, 1.82) is 0 Å². The number of rotatable bonds is 5. The molecule has 3 rings (SSSR count). The van der Waals surface area contributed by atoms with Gasteiger partial charge >= 0.3 is 0 Å². The van der Waals surface area contributed by atoms with Crippen LogP contribution in [0.2, 0.25) is 0 Å². The number of anilines is 1. The Balaban J connectivity index is 1.75. The zero-order valence-corrected chi connectivity index (χ0v) is 14.3. The Morgan fingerprint density at radius 2 is 1.75 bits per heavy atom. The van der Waals surface area contributed by atoms with Gasteiger partial charge in [-0.25, -0.2) is 0 Å². The Morgan fingerprint density at radius 3 is 2.42 bits per heavy atom. The number of hydrogen-bond donors (Lipinski definition) is 1. The molecule has 24 heavy (non-hydrogen) atoms. The van der Waals surface area contributed by atoms with Crippen molar-refractivity contribution < 1.29 is 4.79 Å². The molecule has 1 fully saturated rings. The number of benzene rings is 2. The average Bonchev–Trinajstić information content (AvgIpc) is 2.63. The lowest BCUT2D eigenvalue weighted by atomic mass is 9.91. The van der Waals surface area contributed by atoms with Gasteiger partial charge in [0, 0.05) is 24.2 Å². The fourth-order valence-electron chi connectivity index (χ4n) is 3.44. The molecule has 3 heteroatoms. The first-order valence-electron chi connectivity index (χ1n) is 8.88. The van der Waals surface area contributed by atoms with Crippen LogP contribution in [0, 0.1) is 5.92 Å². The molecule has 2 aromatic carbocycles. The molecule has 1 amide bonds. The molecule has 0 radical (unpaired) electrons. The van der Waals surface area contributed by atoms with Crippen LogP contribution >= 0.6 is 0 Å². The first-order valence-corrected chi connectivity index (χ1v) is 8.88. The summed E-state index contributed by atoms with van der Waals surface area (Å²) in [6.45, 7) is 3.82. The van der Waals surface area contributed by atoms with E-state index >= 15 is 0 Å². The maximum atomic E-state index is 13.2. The van der Waals surface area contributed by atoms with E-state index in [1.807, 2.05) is 41.3 Å². The van der Waals surface area contributed by atoms with Crippen molar-refractivity contribution in [2.75, 3.05) is 18.0 Å². The Hall–Kier alpha value is -2.13. The summed E-state index contributed by atoms with van der Waals surface area (Å²) >= 11 is 0. The van der Waals surface area contributed by atoms with Gasteiger partial charge in [0.05, 0.1) is 0 Å². The lowest BCUT2D eigenvalue weighted by molar-refractivity contribution is -0.123. The van der Waals surface area contributed by atoms with Gasteiger partial charge in [-0.2, -0.15) is 0 Å². The standard InChI is InChI=1S/C21H26N2O/c1-17-16-19(12-14-22-17)21(24)23(20-10-6-3-7-11-20)15-13-18-8-4-2-5-9-18/h2-11,17,19,22H,12-16H2,1H3/t17-,19-/m0/s1. The number of amides is 1. The molecule has 3 nitrogen and oxygen atoms in total. The lowest BCUT2D eigenvalue weighted by Gasteiger charge is -2.32. The van der Waals surface area contributed by atoms with Gasteiger partial charge in [0.1, 0.15) is 0 Å². The van der Waals surface area contributed by atoms with Gasteiger partial charge in [0.25, 0.3) is 0 Å². The minimum absolute atomic E-state index is 0.122. The van der Waals surface area contributed by atoms with Crippen LogP contribution in [0.1, 0.15) is 25.3 Å². The van der Waals surface area contributed by atoms with Crippen LogP contribution in [0.5, 0.6) is 0 Å². The Morgan fingerprint density at radius 1 is 1.08 bits per heavy atom. The van der Waals surface area contributed by atoms with E-state index in [1.165, 1.54) is 5.56 Å². The van der Waals surface area contributed by atoms with Crippen molar-refractivity contribution in [3.63, 3.8) is 0 Å². The zero-order chi connectivity index (χ0) is 16.8. The third-order valence-corrected chi connectivity index (χ3v) is 4.77.